The zero-order valence-electron chi connectivity index (χ0n) is 20.4. The van der Waals surface area contributed by atoms with Gasteiger partial charge in [0.25, 0.3) is 0 Å². The Hall–Kier alpha value is -4.88. The van der Waals surface area contributed by atoms with Gasteiger partial charge in [-0.25, -0.2) is 0 Å². The fourth-order valence-corrected chi connectivity index (χ4v) is 5.62. The average molecular weight is 472 g/mol. The minimum absolute atomic E-state index is 1.09. The summed E-state index contributed by atoms with van der Waals surface area (Å²) in [6.07, 6.45) is 0. The van der Waals surface area contributed by atoms with Gasteiger partial charge >= 0.3 is 0 Å². The topological polar surface area (TPSA) is 12.0 Å². The van der Waals surface area contributed by atoms with Crippen LogP contribution in [0.15, 0.2) is 146 Å². The van der Waals surface area contributed by atoms with E-state index < -0.39 is 0 Å². The predicted octanol–water partition coefficient (Wildman–Crippen LogP) is 10.1. The number of hydrogen-bond acceptors (Lipinski definition) is 1. The van der Waals surface area contributed by atoms with Crippen molar-refractivity contribution in [1.29, 1.82) is 0 Å². The van der Waals surface area contributed by atoms with Gasteiger partial charge in [0, 0.05) is 22.5 Å². The SMILES string of the molecule is c1ccc(-c2ccccc2Nc2cccc3c2-c2ccccc2-c2ccccc2-c2ccccc2-3)cc1. The highest BCUT2D eigenvalue weighted by Crippen LogP contribution is 2.50. The highest BCUT2D eigenvalue weighted by molar-refractivity contribution is 6.06. The number of rotatable bonds is 3. The molecule has 7 rings (SSSR count). The molecule has 6 aromatic rings. The van der Waals surface area contributed by atoms with Gasteiger partial charge in [0.15, 0.2) is 0 Å². The highest BCUT2D eigenvalue weighted by atomic mass is 14.9. The molecule has 0 heterocycles. The second-order valence-electron chi connectivity index (χ2n) is 9.40. The molecule has 1 N–H and O–H groups in total. The van der Waals surface area contributed by atoms with Gasteiger partial charge in [0.05, 0.1) is 0 Å². The molecule has 6 aromatic carbocycles. The van der Waals surface area contributed by atoms with Gasteiger partial charge in [-0.05, 0) is 56.6 Å². The van der Waals surface area contributed by atoms with Crippen LogP contribution in [0.2, 0.25) is 0 Å². The Bertz CT molecular complexity index is 1740. The van der Waals surface area contributed by atoms with E-state index in [0.29, 0.717) is 0 Å². The second kappa shape index (κ2) is 8.96. The Balaban J connectivity index is 1.50. The third-order valence-corrected chi connectivity index (χ3v) is 7.27. The zero-order valence-corrected chi connectivity index (χ0v) is 20.4. The van der Waals surface area contributed by atoms with Crippen molar-refractivity contribution in [1.82, 2.24) is 0 Å². The number of nitrogens with one attached hydrogen (secondary N) is 1. The summed E-state index contributed by atoms with van der Waals surface area (Å²) in [5.74, 6) is 0. The van der Waals surface area contributed by atoms with Crippen LogP contribution in [0.5, 0.6) is 0 Å². The van der Waals surface area contributed by atoms with Crippen molar-refractivity contribution >= 4 is 11.4 Å². The molecule has 0 saturated heterocycles. The summed E-state index contributed by atoms with van der Waals surface area (Å²) in [7, 11) is 0. The summed E-state index contributed by atoms with van der Waals surface area (Å²) in [6.45, 7) is 0. The molecule has 0 unspecified atom stereocenters. The Morgan fingerprint density at radius 3 is 1.30 bits per heavy atom. The van der Waals surface area contributed by atoms with Crippen molar-refractivity contribution in [2.75, 3.05) is 5.32 Å². The summed E-state index contributed by atoms with van der Waals surface area (Å²) in [5, 5.41) is 3.84. The van der Waals surface area contributed by atoms with Crippen LogP contribution in [0.25, 0.3) is 55.6 Å². The van der Waals surface area contributed by atoms with Crippen LogP contribution in [0.3, 0.4) is 0 Å². The lowest BCUT2D eigenvalue weighted by Gasteiger charge is -2.25. The molecule has 0 bridgehead atoms. The minimum Gasteiger partial charge on any atom is -0.354 e. The van der Waals surface area contributed by atoms with Gasteiger partial charge < -0.3 is 5.32 Å². The van der Waals surface area contributed by atoms with Gasteiger partial charge in [0.1, 0.15) is 0 Å². The molecule has 0 aliphatic heterocycles. The van der Waals surface area contributed by atoms with E-state index in [9.17, 15) is 0 Å². The van der Waals surface area contributed by atoms with Crippen LogP contribution < -0.4 is 5.32 Å². The number of para-hydroxylation sites is 1. The summed E-state index contributed by atoms with van der Waals surface area (Å²) < 4.78 is 0. The lowest BCUT2D eigenvalue weighted by Crippen LogP contribution is -2.01. The molecule has 0 radical (unpaired) electrons. The Labute approximate surface area is 217 Å². The molecule has 1 aliphatic rings. The van der Waals surface area contributed by atoms with Crippen LogP contribution in [0, 0.1) is 0 Å². The van der Waals surface area contributed by atoms with Crippen LogP contribution >= 0.6 is 0 Å². The smallest absolute Gasteiger partial charge is 0.0470 e. The van der Waals surface area contributed by atoms with Crippen LogP contribution in [0.1, 0.15) is 0 Å². The molecule has 0 spiro atoms. The monoisotopic (exact) mass is 471 g/mol. The molecule has 1 nitrogen and oxygen atoms in total. The Kier molecular flexibility index (Phi) is 5.19. The van der Waals surface area contributed by atoms with Crippen molar-refractivity contribution in [2.45, 2.75) is 0 Å². The van der Waals surface area contributed by atoms with Gasteiger partial charge in [-0.1, -0.05) is 133 Å². The van der Waals surface area contributed by atoms with Crippen molar-refractivity contribution < 1.29 is 0 Å². The fourth-order valence-electron chi connectivity index (χ4n) is 5.62. The van der Waals surface area contributed by atoms with E-state index in [1.807, 2.05) is 0 Å². The molecule has 0 saturated carbocycles. The molecule has 0 amide bonds. The number of fused-ring (bicyclic) bond motifs is 8. The Morgan fingerprint density at radius 2 is 0.676 bits per heavy atom. The first-order chi connectivity index (χ1) is 18.4. The van der Waals surface area contributed by atoms with Crippen LogP contribution in [-0.4, -0.2) is 0 Å². The maximum absolute atomic E-state index is 3.84. The number of benzene rings is 6. The average Bonchev–Trinajstić information content (AvgIpc) is 2.97. The maximum Gasteiger partial charge on any atom is 0.0470 e. The third kappa shape index (κ3) is 3.64. The van der Waals surface area contributed by atoms with Gasteiger partial charge in [-0.3, -0.25) is 0 Å². The number of hydrogen-bond donors (Lipinski definition) is 1. The third-order valence-electron chi connectivity index (χ3n) is 7.27. The summed E-state index contributed by atoms with van der Waals surface area (Å²) in [4.78, 5) is 0. The molecule has 1 aliphatic carbocycles. The van der Waals surface area contributed by atoms with Crippen molar-refractivity contribution in [3.8, 4) is 55.6 Å². The highest BCUT2D eigenvalue weighted by Gasteiger charge is 2.23. The lowest BCUT2D eigenvalue weighted by atomic mass is 9.80. The van der Waals surface area contributed by atoms with Crippen molar-refractivity contribution in [2.24, 2.45) is 0 Å². The van der Waals surface area contributed by atoms with Crippen LogP contribution in [0.4, 0.5) is 11.4 Å². The molecule has 1 heteroatoms. The van der Waals surface area contributed by atoms with E-state index in [1.54, 1.807) is 0 Å². The lowest BCUT2D eigenvalue weighted by molar-refractivity contribution is 1.49. The zero-order chi connectivity index (χ0) is 24.6. The van der Waals surface area contributed by atoms with E-state index in [-0.39, 0.29) is 0 Å². The first-order valence-corrected chi connectivity index (χ1v) is 12.7. The molecule has 174 valence electrons. The standard InChI is InChI=1S/C36H25N/c1-2-13-25(14-3-1)26-15-10-11-23-34(26)37-35-24-12-22-33-31-19-7-6-18-29(31)27-16-4-5-17-28(27)30-20-8-9-21-32(30)36(33)35/h1-24,37H. The number of anilines is 2. The van der Waals surface area contributed by atoms with E-state index in [2.05, 4.69) is 151 Å². The molecular weight excluding hydrogens is 446 g/mol. The molecule has 0 aromatic heterocycles. The summed E-state index contributed by atoms with van der Waals surface area (Å²) in [5.41, 5.74) is 14.6. The van der Waals surface area contributed by atoms with Gasteiger partial charge in [-0.2, -0.15) is 0 Å². The normalized spacial score (nSPS) is 11.2. The molecular formula is C36H25N. The van der Waals surface area contributed by atoms with Gasteiger partial charge in [-0.15, -0.1) is 0 Å². The second-order valence-corrected chi connectivity index (χ2v) is 9.40. The Morgan fingerprint density at radius 1 is 0.270 bits per heavy atom. The predicted molar refractivity (Wildman–Crippen MR) is 157 cm³/mol. The van der Waals surface area contributed by atoms with E-state index in [4.69, 9.17) is 0 Å². The first-order valence-electron chi connectivity index (χ1n) is 12.7. The quantitative estimate of drug-likeness (QED) is 0.270. The van der Waals surface area contributed by atoms with E-state index in [0.717, 1.165) is 11.4 Å². The summed E-state index contributed by atoms with van der Waals surface area (Å²) >= 11 is 0. The first kappa shape index (κ1) is 21.4. The molecule has 0 fully saturated rings. The fraction of sp³-hybridized carbons (Fsp3) is 0. The van der Waals surface area contributed by atoms with Crippen LogP contribution in [-0.2, 0) is 0 Å². The van der Waals surface area contributed by atoms with Crippen molar-refractivity contribution in [3.05, 3.63) is 146 Å². The molecule has 0 atom stereocenters. The maximum atomic E-state index is 3.84. The largest absolute Gasteiger partial charge is 0.354 e. The minimum atomic E-state index is 1.09. The molecule has 37 heavy (non-hydrogen) atoms. The summed E-state index contributed by atoms with van der Waals surface area (Å²) in [6, 6.07) is 52.1. The van der Waals surface area contributed by atoms with E-state index in [1.165, 1.54) is 55.6 Å². The van der Waals surface area contributed by atoms with Gasteiger partial charge in [0.2, 0.25) is 0 Å². The van der Waals surface area contributed by atoms with Crippen molar-refractivity contribution in [3.63, 3.8) is 0 Å². The van der Waals surface area contributed by atoms with E-state index >= 15 is 0 Å².